The summed E-state index contributed by atoms with van der Waals surface area (Å²) < 4.78 is 5.29. The number of hydrogen-bond acceptors (Lipinski definition) is 4. The molecule has 2 aliphatic rings. The zero-order valence-corrected chi connectivity index (χ0v) is 12.2. The Bertz CT molecular complexity index is 415. The van der Waals surface area contributed by atoms with Gasteiger partial charge >= 0.3 is 0 Å². The van der Waals surface area contributed by atoms with Gasteiger partial charge in [0.1, 0.15) is 5.76 Å². The van der Waals surface area contributed by atoms with E-state index in [1.54, 1.807) is 0 Å². The predicted molar refractivity (Wildman–Crippen MR) is 75.1 cm³/mol. The summed E-state index contributed by atoms with van der Waals surface area (Å²) in [6.45, 7) is 8.59. The number of hydrogen-bond donors (Lipinski definition) is 1. The van der Waals surface area contributed by atoms with Crippen LogP contribution in [0.25, 0.3) is 0 Å². The van der Waals surface area contributed by atoms with Crippen LogP contribution in [-0.2, 0) is 6.54 Å². The zero-order chi connectivity index (χ0) is 13.3. The first-order chi connectivity index (χ1) is 9.19. The normalized spacial score (nSPS) is 23.9. The summed E-state index contributed by atoms with van der Waals surface area (Å²) in [5, 5.41) is 7.89. The summed E-state index contributed by atoms with van der Waals surface area (Å²) in [5.74, 6) is 0.982. The van der Waals surface area contributed by atoms with Gasteiger partial charge in [0.05, 0.1) is 5.69 Å². The van der Waals surface area contributed by atoms with E-state index in [1.807, 2.05) is 13.8 Å². The van der Waals surface area contributed by atoms with Crippen LogP contribution in [0.15, 0.2) is 4.52 Å². The van der Waals surface area contributed by atoms with Gasteiger partial charge < -0.3 is 9.84 Å². The minimum absolute atomic E-state index is 0.384. The van der Waals surface area contributed by atoms with Gasteiger partial charge in [-0.2, -0.15) is 0 Å². The Hall–Kier alpha value is -0.870. The molecular formula is C15H25N3O. The second kappa shape index (κ2) is 5.25. The molecule has 0 amide bonds. The molecule has 2 fully saturated rings. The maximum atomic E-state index is 5.29. The van der Waals surface area contributed by atoms with Gasteiger partial charge in [-0.1, -0.05) is 18.0 Å². The van der Waals surface area contributed by atoms with Crippen molar-refractivity contribution in [3.8, 4) is 0 Å². The molecule has 19 heavy (non-hydrogen) atoms. The van der Waals surface area contributed by atoms with E-state index in [2.05, 4.69) is 15.4 Å². The summed E-state index contributed by atoms with van der Waals surface area (Å²) in [7, 11) is 0. The molecule has 1 aliphatic carbocycles. The third kappa shape index (κ3) is 2.70. The maximum Gasteiger partial charge on any atom is 0.138 e. The van der Waals surface area contributed by atoms with Crippen molar-refractivity contribution in [3.05, 3.63) is 17.0 Å². The second-order valence-corrected chi connectivity index (χ2v) is 6.28. The summed E-state index contributed by atoms with van der Waals surface area (Å²) in [5.41, 5.74) is 2.72. The van der Waals surface area contributed by atoms with Crippen LogP contribution in [0.2, 0.25) is 0 Å². The first-order valence-electron chi connectivity index (χ1n) is 7.58. The molecule has 1 aliphatic heterocycles. The minimum Gasteiger partial charge on any atom is -0.361 e. The van der Waals surface area contributed by atoms with Crippen molar-refractivity contribution in [1.29, 1.82) is 0 Å². The van der Waals surface area contributed by atoms with Crippen molar-refractivity contribution in [3.63, 3.8) is 0 Å². The van der Waals surface area contributed by atoms with Gasteiger partial charge in [0, 0.05) is 24.2 Å². The van der Waals surface area contributed by atoms with E-state index in [0.29, 0.717) is 5.54 Å². The van der Waals surface area contributed by atoms with Crippen LogP contribution in [0.4, 0.5) is 0 Å². The van der Waals surface area contributed by atoms with Gasteiger partial charge in [-0.25, -0.2) is 0 Å². The Balaban J connectivity index is 1.73. The van der Waals surface area contributed by atoms with Crippen LogP contribution in [0.5, 0.6) is 0 Å². The molecule has 0 bridgehead atoms. The minimum atomic E-state index is 0.384. The Kier molecular flexibility index (Phi) is 3.63. The molecule has 0 aromatic carbocycles. The van der Waals surface area contributed by atoms with Crippen molar-refractivity contribution in [2.75, 3.05) is 19.6 Å². The smallest absolute Gasteiger partial charge is 0.138 e. The van der Waals surface area contributed by atoms with E-state index in [9.17, 15) is 0 Å². The molecule has 3 rings (SSSR count). The highest BCUT2D eigenvalue weighted by atomic mass is 16.5. The van der Waals surface area contributed by atoms with E-state index < -0.39 is 0 Å². The van der Waals surface area contributed by atoms with Gasteiger partial charge in [0.15, 0.2) is 0 Å². The van der Waals surface area contributed by atoms with Crippen molar-refractivity contribution in [2.24, 2.45) is 0 Å². The van der Waals surface area contributed by atoms with Crippen molar-refractivity contribution in [1.82, 2.24) is 15.4 Å². The van der Waals surface area contributed by atoms with Crippen LogP contribution >= 0.6 is 0 Å². The maximum absolute atomic E-state index is 5.29. The number of aryl methyl sites for hydroxylation is 2. The van der Waals surface area contributed by atoms with E-state index in [1.165, 1.54) is 50.8 Å². The zero-order valence-electron chi connectivity index (χ0n) is 12.2. The molecule has 0 atom stereocenters. The molecule has 1 spiro atoms. The van der Waals surface area contributed by atoms with Crippen LogP contribution in [-0.4, -0.2) is 35.2 Å². The number of rotatable bonds is 2. The van der Waals surface area contributed by atoms with E-state index in [0.717, 1.165) is 24.5 Å². The third-order valence-electron chi connectivity index (χ3n) is 4.80. The predicted octanol–water partition coefficient (Wildman–Crippen LogP) is 2.40. The molecule has 1 aromatic rings. The van der Waals surface area contributed by atoms with Crippen molar-refractivity contribution >= 4 is 0 Å². The lowest BCUT2D eigenvalue weighted by Gasteiger charge is -2.33. The van der Waals surface area contributed by atoms with Gasteiger partial charge in [-0.05, 0) is 46.2 Å². The van der Waals surface area contributed by atoms with Gasteiger partial charge in [0.25, 0.3) is 0 Å². The standard InChI is InChI=1S/C15H25N3O/c1-12-14(13(2)19-17-12)10-18-9-5-8-16-15(11-18)6-3-4-7-15/h16H,3-11H2,1-2H3. The first-order valence-corrected chi connectivity index (χ1v) is 7.58. The fraction of sp³-hybridized carbons (Fsp3) is 0.800. The Morgan fingerprint density at radius 2 is 2.05 bits per heavy atom. The highest BCUT2D eigenvalue weighted by molar-refractivity contribution is 5.20. The van der Waals surface area contributed by atoms with Crippen LogP contribution in [0.1, 0.15) is 49.1 Å². The second-order valence-electron chi connectivity index (χ2n) is 6.28. The monoisotopic (exact) mass is 263 g/mol. The molecule has 1 aromatic heterocycles. The number of nitrogens with zero attached hydrogens (tertiary/aromatic N) is 2. The third-order valence-corrected chi connectivity index (χ3v) is 4.80. The summed E-state index contributed by atoms with van der Waals surface area (Å²) in [4.78, 5) is 2.60. The highest BCUT2D eigenvalue weighted by Gasteiger charge is 2.36. The van der Waals surface area contributed by atoms with Crippen LogP contribution in [0.3, 0.4) is 0 Å². The summed E-state index contributed by atoms with van der Waals surface area (Å²) >= 11 is 0. The fourth-order valence-corrected chi connectivity index (χ4v) is 3.69. The lowest BCUT2D eigenvalue weighted by molar-refractivity contribution is 0.202. The average Bonchev–Trinajstić information content (AvgIpc) is 2.89. The molecule has 4 nitrogen and oxygen atoms in total. The molecule has 0 unspecified atom stereocenters. The molecule has 2 heterocycles. The Morgan fingerprint density at radius 1 is 1.26 bits per heavy atom. The molecule has 4 heteroatoms. The van der Waals surface area contributed by atoms with Gasteiger partial charge in [-0.15, -0.1) is 0 Å². The van der Waals surface area contributed by atoms with Crippen molar-refractivity contribution < 1.29 is 4.52 Å². The Morgan fingerprint density at radius 3 is 2.74 bits per heavy atom. The highest BCUT2D eigenvalue weighted by Crippen LogP contribution is 2.32. The molecule has 1 saturated carbocycles. The molecule has 1 saturated heterocycles. The Labute approximate surface area is 115 Å². The quantitative estimate of drug-likeness (QED) is 0.889. The molecule has 0 radical (unpaired) electrons. The van der Waals surface area contributed by atoms with Crippen LogP contribution < -0.4 is 5.32 Å². The summed E-state index contributed by atoms with van der Waals surface area (Å²) in [6.07, 6.45) is 6.68. The fourth-order valence-electron chi connectivity index (χ4n) is 3.69. The average molecular weight is 263 g/mol. The lowest BCUT2D eigenvalue weighted by atomic mass is 9.97. The van der Waals surface area contributed by atoms with E-state index in [4.69, 9.17) is 4.52 Å². The summed E-state index contributed by atoms with van der Waals surface area (Å²) in [6, 6.07) is 0. The number of nitrogens with one attached hydrogen (secondary N) is 1. The number of aromatic nitrogens is 1. The van der Waals surface area contributed by atoms with E-state index in [-0.39, 0.29) is 0 Å². The van der Waals surface area contributed by atoms with Crippen molar-refractivity contribution in [2.45, 2.75) is 58.0 Å². The van der Waals surface area contributed by atoms with Crippen LogP contribution in [0, 0.1) is 13.8 Å². The first kappa shape index (κ1) is 13.1. The van der Waals surface area contributed by atoms with E-state index >= 15 is 0 Å². The SMILES string of the molecule is Cc1noc(C)c1CN1CCCNC2(CCCC2)C1. The topological polar surface area (TPSA) is 41.3 Å². The molecule has 106 valence electrons. The lowest BCUT2D eigenvalue weighted by Crippen LogP contribution is -2.49. The van der Waals surface area contributed by atoms with Gasteiger partial charge in [0.2, 0.25) is 0 Å². The molecule has 1 N–H and O–H groups in total. The molecular weight excluding hydrogens is 238 g/mol. The van der Waals surface area contributed by atoms with Gasteiger partial charge in [-0.3, -0.25) is 4.90 Å². The largest absolute Gasteiger partial charge is 0.361 e.